The largest absolute Gasteiger partial charge is 0.497 e. The predicted octanol–water partition coefficient (Wildman–Crippen LogP) is 3.55. The van der Waals surface area contributed by atoms with Crippen LogP contribution >= 0.6 is 11.3 Å². The number of anilines is 2. The molecule has 1 aliphatic heterocycles. The van der Waals surface area contributed by atoms with Crippen molar-refractivity contribution in [3.05, 3.63) is 23.1 Å². The van der Waals surface area contributed by atoms with Crippen LogP contribution in [-0.2, 0) is 4.74 Å². The van der Waals surface area contributed by atoms with Crippen molar-refractivity contribution in [2.24, 2.45) is 5.73 Å². The fraction of sp³-hybridized carbons (Fsp3) is 0.440. The van der Waals surface area contributed by atoms with Gasteiger partial charge in [0.2, 0.25) is 5.95 Å². The summed E-state index contributed by atoms with van der Waals surface area (Å²) in [4.78, 5) is 36.7. The first-order chi connectivity index (χ1) is 17.5. The monoisotopic (exact) mass is 528 g/mol. The van der Waals surface area contributed by atoms with Gasteiger partial charge in [-0.15, -0.1) is 11.3 Å². The van der Waals surface area contributed by atoms with Crippen LogP contribution in [0.3, 0.4) is 0 Å². The number of hydrogen-bond acceptors (Lipinski definition) is 10. The summed E-state index contributed by atoms with van der Waals surface area (Å²) in [7, 11) is 3.14. The van der Waals surface area contributed by atoms with Gasteiger partial charge < -0.3 is 35.9 Å². The minimum absolute atomic E-state index is 0.0178. The number of piperidine rings is 1. The van der Waals surface area contributed by atoms with Gasteiger partial charge >= 0.3 is 6.09 Å². The zero-order valence-corrected chi connectivity index (χ0v) is 22.4. The number of nitrogens with zero attached hydrogens (tertiary/aromatic N) is 3. The number of rotatable bonds is 6. The summed E-state index contributed by atoms with van der Waals surface area (Å²) in [6.07, 6.45) is 0.968. The molecule has 0 radical (unpaired) electrons. The average molecular weight is 529 g/mol. The van der Waals surface area contributed by atoms with Crippen molar-refractivity contribution in [2.75, 3.05) is 37.9 Å². The number of nitrogens with two attached hydrogens (primary N) is 2. The summed E-state index contributed by atoms with van der Waals surface area (Å²) in [5, 5.41) is 3.50. The highest BCUT2D eigenvalue weighted by Crippen LogP contribution is 2.41. The molecule has 4 rings (SSSR count). The van der Waals surface area contributed by atoms with Gasteiger partial charge in [0.1, 0.15) is 26.8 Å². The second-order valence-electron chi connectivity index (χ2n) is 9.77. The lowest BCUT2D eigenvalue weighted by Gasteiger charge is -2.33. The van der Waals surface area contributed by atoms with E-state index in [2.05, 4.69) is 5.32 Å². The Labute approximate surface area is 219 Å². The fourth-order valence-electron chi connectivity index (χ4n) is 4.19. The van der Waals surface area contributed by atoms with Crippen molar-refractivity contribution in [1.29, 1.82) is 0 Å². The van der Waals surface area contributed by atoms with Crippen LogP contribution in [0.4, 0.5) is 16.4 Å². The standard InChI is InChI=1S/C25H32N6O5S/c1-25(2,3)36-24(33)28-14-6-8-31(9-7-14)23-29-19(13-10-15(34-4)12-16(11-13)35-5)17-18(26)20(21(27)32)37-22(17)30-23/h10-12,14H,6-9,26H2,1-5H3,(H2,27,32)(H,28,33). The molecule has 37 heavy (non-hydrogen) atoms. The number of methoxy groups -OCH3 is 2. The van der Waals surface area contributed by atoms with Crippen molar-refractivity contribution >= 4 is 45.2 Å². The van der Waals surface area contributed by atoms with Gasteiger partial charge in [0.05, 0.1) is 31.0 Å². The number of nitrogen functional groups attached to an aromatic ring is 1. The lowest BCUT2D eigenvalue weighted by molar-refractivity contribution is 0.0497. The minimum Gasteiger partial charge on any atom is -0.497 e. The average Bonchev–Trinajstić information content (AvgIpc) is 3.19. The van der Waals surface area contributed by atoms with Gasteiger partial charge in [-0.05, 0) is 45.7 Å². The van der Waals surface area contributed by atoms with Gasteiger partial charge in [-0.2, -0.15) is 0 Å². The quantitative estimate of drug-likeness (QED) is 0.435. The zero-order chi connectivity index (χ0) is 26.9. The van der Waals surface area contributed by atoms with Crippen LogP contribution in [0, 0.1) is 0 Å². The second-order valence-corrected chi connectivity index (χ2v) is 10.8. The Hall–Kier alpha value is -3.80. The highest BCUT2D eigenvalue weighted by atomic mass is 32.1. The number of nitrogens with one attached hydrogen (secondary N) is 1. The Morgan fingerprint density at radius 3 is 2.24 bits per heavy atom. The van der Waals surface area contributed by atoms with E-state index < -0.39 is 17.6 Å². The van der Waals surface area contributed by atoms with Crippen molar-refractivity contribution in [3.63, 3.8) is 0 Å². The van der Waals surface area contributed by atoms with Crippen molar-refractivity contribution < 1.29 is 23.8 Å². The smallest absolute Gasteiger partial charge is 0.407 e. The molecular formula is C25H32N6O5S. The fourth-order valence-corrected chi connectivity index (χ4v) is 5.13. The number of carbonyl (C=O) groups excluding carboxylic acids is 2. The van der Waals surface area contributed by atoms with E-state index in [4.69, 9.17) is 35.6 Å². The zero-order valence-electron chi connectivity index (χ0n) is 21.6. The summed E-state index contributed by atoms with van der Waals surface area (Å²) < 4.78 is 16.3. The molecule has 0 unspecified atom stereocenters. The van der Waals surface area contributed by atoms with Crippen molar-refractivity contribution in [2.45, 2.75) is 45.3 Å². The Morgan fingerprint density at radius 1 is 1.08 bits per heavy atom. The van der Waals surface area contributed by atoms with Crippen LogP contribution in [0.15, 0.2) is 18.2 Å². The Kier molecular flexibility index (Phi) is 7.30. The summed E-state index contributed by atoms with van der Waals surface area (Å²) in [5.74, 6) is 1.05. The number of primary amides is 1. The number of ether oxygens (including phenoxy) is 3. The van der Waals surface area contributed by atoms with E-state index in [1.165, 1.54) is 0 Å². The number of amides is 2. The molecule has 0 bridgehead atoms. The highest BCUT2D eigenvalue weighted by molar-refractivity contribution is 7.21. The third kappa shape index (κ3) is 5.79. The normalized spacial score (nSPS) is 14.5. The molecular weight excluding hydrogens is 496 g/mol. The first kappa shape index (κ1) is 26.3. The number of aromatic nitrogens is 2. The molecule has 5 N–H and O–H groups in total. The van der Waals surface area contributed by atoms with Crippen LogP contribution in [0.5, 0.6) is 11.5 Å². The number of carbonyl (C=O) groups is 2. The van der Waals surface area contributed by atoms with Crippen LogP contribution < -0.4 is 31.2 Å². The Morgan fingerprint density at radius 2 is 1.70 bits per heavy atom. The molecule has 3 aromatic rings. The molecule has 0 aliphatic carbocycles. The summed E-state index contributed by atoms with van der Waals surface area (Å²) in [6, 6.07) is 5.39. The molecule has 0 atom stereocenters. The van der Waals surface area contributed by atoms with E-state index in [0.717, 1.165) is 11.3 Å². The maximum absolute atomic E-state index is 12.2. The van der Waals surface area contributed by atoms with Crippen LogP contribution in [0.25, 0.3) is 21.5 Å². The van der Waals surface area contributed by atoms with Gasteiger partial charge in [-0.25, -0.2) is 14.8 Å². The first-order valence-electron chi connectivity index (χ1n) is 11.9. The molecule has 11 nitrogen and oxygen atoms in total. The Balaban J connectivity index is 1.68. The lowest BCUT2D eigenvalue weighted by atomic mass is 10.1. The number of alkyl carbamates (subject to hydrolysis) is 1. The number of thiophene rings is 1. The number of hydrogen-bond donors (Lipinski definition) is 3. The molecule has 2 aromatic heterocycles. The molecule has 3 heterocycles. The highest BCUT2D eigenvalue weighted by Gasteiger charge is 2.27. The van der Waals surface area contributed by atoms with Gasteiger partial charge in [-0.1, -0.05) is 0 Å². The summed E-state index contributed by atoms with van der Waals surface area (Å²) in [6.45, 7) is 6.74. The maximum atomic E-state index is 12.2. The first-order valence-corrected chi connectivity index (χ1v) is 12.7. The van der Waals surface area contributed by atoms with Gasteiger partial charge in [0.15, 0.2) is 0 Å². The van der Waals surface area contributed by atoms with Gasteiger partial charge in [0.25, 0.3) is 5.91 Å². The summed E-state index contributed by atoms with van der Waals surface area (Å²) >= 11 is 1.14. The van der Waals surface area contributed by atoms with Crippen LogP contribution in [0.2, 0.25) is 0 Å². The molecule has 1 saturated heterocycles. The third-order valence-electron chi connectivity index (χ3n) is 5.92. The predicted molar refractivity (Wildman–Crippen MR) is 143 cm³/mol. The van der Waals surface area contributed by atoms with E-state index in [-0.39, 0.29) is 16.6 Å². The lowest BCUT2D eigenvalue weighted by Crippen LogP contribution is -2.46. The molecule has 0 saturated carbocycles. The van der Waals surface area contributed by atoms with Gasteiger partial charge in [0, 0.05) is 30.8 Å². The molecule has 198 valence electrons. The number of benzene rings is 1. The van der Waals surface area contributed by atoms with E-state index in [1.54, 1.807) is 20.3 Å². The van der Waals surface area contributed by atoms with Gasteiger partial charge in [-0.3, -0.25) is 4.79 Å². The molecule has 1 aliphatic rings. The molecule has 2 amide bonds. The minimum atomic E-state index is -0.620. The Bertz CT molecular complexity index is 1310. The molecule has 12 heteroatoms. The third-order valence-corrected chi connectivity index (χ3v) is 7.04. The number of fused-ring (bicyclic) bond motifs is 1. The van der Waals surface area contributed by atoms with E-state index >= 15 is 0 Å². The van der Waals surface area contributed by atoms with E-state index in [1.807, 2.05) is 37.8 Å². The van der Waals surface area contributed by atoms with Crippen molar-refractivity contribution in [1.82, 2.24) is 15.3 Å². The SMILES string of the molecule is COc1cc(OC)cc(-c2nc(N3CCC(NC(=O)OC(C)(C)C)CC3)nc3sc(C(N)=O)c(N)c23)c1. The summed E-state index contributed by atoms with van der Waals surface area (Å²) in [5.41, 5.74) is 12.9. The molecule has 1 fully saturated rings. The van der Waals surface area contributed by atoms with E-state index in [0.29, 0.717) is 64.9 Å². The maximum Gasteiger partial charge on any atom is 0.407 e. The van der Waals surface area contributed by atoms with Crippen LogP contribution in [0.1, 0.15) is 43.3 Å². The van der Waals surface area contributed by atoms with Crippen molar-refractivity contribution in [3.8, 4) is 22.8 Å². The molecule has 0 spiro atoms. The second kappa shape index (κ2) is 10.3. The topological polar surface area (TPSA) is 155 Å². The van der Waals surface area contributed by atoms with E-state index in [9.17, 15) is 9.59 Å². The van der Waals surface area contributed by atoms with Crippen LogP contribution in [-0.4, -0.2) is 60.9 Å². The molecule has 1 aromatic carbocycles.